The van der Waals surface area contributed by atoms with Crippen LogP contribution in [0.4, 0.5) is 4.39 Å². The van der Waals surface area contributed by atoms with Gasteiger partial charge in [0.2, 0.25) is 0 Å². The van der Waals surface area contributed by atoms with Gasteiger partial charge in [-0.05, 0) is 24.6 Å². The van der Waals surface area contributed by atoms with Gasteiger partial charge in [0, 0.05) is 6.42 Å². The topological polar surface area (TPSA) is 42.2 Å². The summed E-state index contributed by atoms with van der Waals surface area (Å²) >= 11 is 0. The van der Waals surface area contributed by atoms with Gasteiger partial charge >= 0.3 is 0 Å². The van der Waals surface area contributed by atoms with Gasteiger partial charge in [0.15, 0.2) is 11.6 Å². The number of hydrogen-bond donors (Lipinski definition) is 0. The lowest BCUT2D eigenvalue weighted by Gasteiger charge is -2.40. The minimum absolute atomic E-state index is 0.253. The highest BCUT2D eigenvalue weighted by atomic mass is 19.1. The molecule has 2 rings (SSSR count). The predicted octanol–water partition coefficient (Wildman–Crippen LogP) is 2.41. The Labute approximate surface area is 99.8 Å². The number of halogens is 1. The maximum Gasteiger partial charge on any atom is 0.165 e. The lowest BCUT2D eigenvalue weighted by molar-refractivity contribution is -0.0578. The molecular formula is C13H14FNO2. The van der Waals surface area contributed by atoms with E-state index in [2.05, 4.69) is 6.07 Å². The van der Waals surface area contributed by atoms with Crippen LogP contribution in [0.5, 0.6) is 5.75 Å². The first-order chi connectivity index (χ1) is 8.22. The van der Waals surface area contributed by atoms with E-state index in [1.165, 1.54) is 6.07 Å². The van der Waals surface area contributed by atoms with E-state index in [-0.39, 0.29) is 17.0 Å². The summed E-state index contributed by atoms with van der Waals surface area (Å²) in [6.45, 7) is 3.20. The summed E-state index contributed by atoms with van der Waals surface area (Å²) in [4.78, 5) is 0. The van der Waals surface area contributed by atoms with Crippen LogP contribution in [0.2, 0.25) is 0 Å². The Morgan fingerprint density at radius 3 is 2.76 bits per heavy atom. The Morgan fingerprint density at radius 2 is 2.29 bits per heavy atom. The average molecular weight is 235 g/mol. The van der Waals surface area contributed by atoms with Gasteiger partial charge in [-0.3, -0.25) is 0 Å². The summed E-state index contributed by atoms with van der Waals surface area (Å²) < 4.78 is 24.0. The van der Waals surface area contributed by atoms with E-state index in [4.69, 9.17) is 14.7 Å². The molecule has 0 aliphatic carbocycles. The Hall–Kier alpha value is -1.60. The Bertz CT molecular complexity index is 449. The molecule has 0 saturated carbocycles. The van der Waals surface area contributed by atoms with Gasteiger partial charge in [-0.1, -0.05) is 6.07 Å². The third kappa shape index (κ3) is 2.11. The highest BCUT2D eigenvalue weighted by Crippen LogP contribution is 2.37. The van der Waals surface area contributed by atoms with Gasteiger partial charge in [0.1, 0.15) is 0 Å². The summed E-state index contributed by atoms with van der Waals surface area (Å²) in [5.74, 6) is -0.128. The molecule has 4 heteroatoms. The van der Waals surface area contributed by atoms with E-state index in [1.54, 1.807) is 6.07 Å². The highest BCUT2D eigenvalue weighted by Gasteiger charge is 2.40. The highest BCUT2D eigenvalue weighted by molar-refractivity contribution is 5.36. The van der Waals surface area contributed by atoms with Crippen LogP contribution >= 0.6 is 0 Å². The Morgan fingerprint density at radius 1 is 1.53 bits per heavy atom. The summed E-state index contributed by atoms with van der Waals surface area (Å²) in [6, 6.07) is 7.01. The maximum absolute atomic E-state index is 13.7. The van der Waals surface area contributed by atoms with Crippen molar-refractivity contribution >= 4 is 0 Å². The van der Waals surface area contributed by atoms with Crippen molar-refractivity contribution in [2.24, 2.45) is 0 Å². The van der Waals surface area contributed by atoms with Gasteiger partial charge in [0.25, 0.3) is 0 Å². The normalized spacial score (nSPS) is 17.0. The van der Waals surface area contributed by atoms with Crippen molar-refractivity contribution in [2.45, 2.75) is 18.8 Å². The molecule has 1 saturated heterocycles. The van der Waals surface area contributed by atoms with Crippen LogP contribution in [-0.4, -0.2) is 19.8 Å². The summed E-state index contributed by atoms with van der Waals surface area (Å²) in [7, 11) is 0. The zero-order valence-corrected chi connectivity index (χ0v) is 9.70. The predicted molar refractivity (Wildman–Crippen MR) is 60.3 cm³/mol. The summed E-state index contributed by atoms with van der Waals surface area (Å²) in [5, 5.41) is 8.81. The maximum atomic E-state index is 13.7. The third-order valence-electron chi connectivity index (χ3n) is 3.02. The zero-order chi connectivity index (χ0) is 12.3. The average Bonchev–Trinajstić information content (AvgIpc) is 2.27. The van der Waals surface area contributed by atoms with Crippen LogP contribution in [0, 0.1) is 17.1 Å². The molecule has 1 fully saturated rings. The molecule has 0 spiro atoms. The van der Waals surface area contributed by atoms with Gasteiger partial charge in [-0.2, -0.15) is 5.26 Å². The molecule has 1 aliphatic rings. The van der Waals surface area contributed by atoms with Crippen LogP contribution in [0.1, 0.15) is 18.9 Å². The van der Waals surface area contributed by atoms with Crippen LogP contribution in [0.3, 0.4) is 0 Å². The van der Waals surface area contributed by atoms with E-state index in [0.717, 1.165) is 5.56 Å². The molecule has 90 valence electrons. The number of benzene rings is 1. The van der Waals surface area contributed by atoms with Gasteiger partial charge in [-0.25, -0.2) is 4.39 Å². The molecule has 0 N–H and O–H groups in total. The second-order valence-electron chi connectivity index (χ2n) is 4.19. The molecule has 1 aromatic carbocycles. The van der Waals surface area contributed by atoms with Gasteiger partial charge in [0.05, 0.1) is 31.3 Å². The Balaban J connectivity index is 2.28. The molecule has 0 radical (unpaired) electrons. The molecule has 0 unspecified atom stereocenters. The molecule has 0 amide bonds. The van der Waals surface area contributed by atoms with Crippen molar-refractivity contribution in [1.29, 1.82) is 5.26 Å². The van der Waals surface area contributed by atoms with Crippen molar-refractivity contribution in [3.05, 3.63) is 29.6 Å². The lowest BCUT2D eigenvalue weighted by Crippen LogP contribution is -2.46. The van der Waals surface area contributed by atoms with E-state index in [1.807, 2.05) is 13.0 Å². The second kappa shape index (κ2) is 4.72. The molecule has 17 heavy (non-hydrogen) atoms. The number of nitriles is 1. The fourth-order valence-corrected chi connectivity index (χ4v) is 1.97. The second-order valence-corrected chi connectivity index (χ2v) is 4.19. The van der Waals surface area contributed by atoms with Crippen LogP contribution in [0.15, 0.2) is 18.2 Å². The fourth-order valence-electron chi connectivity index (χ4n) is 1.97. The van der Waals surface area contributed by atoms with E-state index in [0.29, 0.717) is 26.2 Å². The molecule has 1 aromatic rings. The number of ether oxygens (including phenoxy) is 2. The number of nitrogens with zero attached hydrogens (tertiary/aromatic N) is 1. The van der Waals surface area contributed by atoms with Crippen LogP contribution in [-0.2, 0) is 10.2 Å². The molecule has 1 heterocycles. The van der Waals surface area contributed by atoms with E-state index < -0.39 is 0 Å². The van der Waals surface area contributed by atoms with Crippen molar-refractivity contribution in [3.63, 3.8) is 0 Å². The van der Waals surface area contributed by atoms with E-state index >= 15 is 0 Å². The first kappa shape index (κ1) is 11.9. The van der Waals surface area contributed by atoms with Gasteiger partial charge in [-0.15, -0.1) is 0 Å². The zero-order valence-electron chi connectivity index (χ0n) is 9.70. The quantitative estimate of drug-likeness (QED) is 0.804. The summed E-state index contributed by atoms with van der Waals surface area (Å²) in [5.41, 5.74) is 0.478. The van der Waals surface area contributed by atoms with Crippen molar-refractivity contribution in [1.82, 2.24) is 0 Å². The first-order valence-electron chi connectivity index (χ1n) is 5.59. The molecule has 1 aliphatic heterocycles. The third-order valence-corrected chi connectivity index (χ3v) is 3.02. The first-order valence-corrected chi connectivity index (χ1v) is 5.59. The SMILES string of the molecule is CCOc1ccc(C2(CC#N)COC2)cc1F. The molecule has 0 atom stereocenters. The van der Waals surface area contributed by atoms with Crippen molar-refractivity contribution < 1.29 is 13.9 Å². The number of rotatable bonds is 4. The minimum atomic E-state index is -0.381. The minimum Gasteiger partial charge on any atom is -0.491 e. The summed E-state index contributed by atoms with van der Waals surface area (Å²) in [6.07, 6.45) is 0.348. The van der Waals surface area contributed by atoms with Crippen LogP contribution in [0.25, 0.3) is 0 Å². The fraction of sp³-hybridized carbons (Fsp3) is 0.462. The number of hydrogen-bond acceptors (Lipinski definition) is 3. The van der Waals surface area contributed by atoms with Crippen molar-refractivity contribution in [3.8, 4) is 11.8 Å². The smallest absolute Gasteiger partial charge is 0.165 e. The largest absolute Gasteiger partial charge is 0.491 e. The molecule has 0 aromatic heterocycles. The van der Waals surface area contributed by atoms with Gasteiger partial charge < -0.3 is 9.47 Å². The molecular weight excluding hydrogens is 221 g/mol. The van der Waals surface area contributed by atoms with Crippen LogP contribution < -0.4 is 4.74 Å². The standard InChI is InChI=1S/C13H14FNO2/c1-2-17-12-4-3-10(7-11(12)14)13(5-6-15)8-16-9-13/h3-4,7H,2,5,8-9H2,1H3. The Kier molecular flexibility index (Phi) is 3.30. The molecule has 0 bridgehead atoms. The van der Waals surface area contributed by atoms with E-state index in [9.17, 15) is 4.39 Å². The monoisotopic (exact) mass is 235 g/mol. The lowest BCUT2D eigenvalue weighted by atomic mass is 9.76. The molecule has 3 nitrogen and oxygen atoms in total. The van der Waals surface area contributed by atoms with Crippen molar-refractivity contribution in [2.75, 3.05) is 19.8 Å².